The average Bonchev–Trinajstić information content (AvgIpc) is 2.57. The molecule has 7 heteroatoms. The lowest BCUT2D eigenvalue weighted by Gasteiger charge is -2.15. The number of nitrogens with two attached hydrogens (primary N) is 1. The molecular weight excluding hydrogens is 328 g/mol. The third-order valence-electron chi connectivity index (χ3n) is 3.33. The first-order valence-electron chi connectivity index (χ1n) is 7.46. The number of pyridine rings is 1. The topological polar surface area (TPSA) is 77.2 Å². The van der Waals surface area contributed by atoms with E-state index in [4.69, 9.17) is 16.9 Å². The number of nitrogen functional groups attached to an aromatic ring is 1. The van der Waals surface area contributed by atoms with E-state index in [-0.39, 0.29) is 17.9 Å². The van der Waals surface area contributed by atoms with E-state index in [2.05, 4.69) is 16.2 Å². The van der Waals surface area contributed by atoms with Gasteiger partial charge in [0, 0.05) is 6.54 Å². The SMILES string of the molecule is C#CC(Oc1cccc(CNC(=O)c2ccc(F)nc2N)c1)C(C)F. The molecule has 0 bridgehead atoms. The van der Waals surface area contributed by atoms with Gasteiger partial charge in [-0.2, -0.15) is 4.39 Å². The highest BCUT2D eigenvalue weighted by atomic mass is 19.1. The number of carbonyl (C=O) groups excluding carboxylic acids is 1. The lowest BCUT2D eigenvalue weighted by atomic mass is 10.2. The summed E-state index contributed by atoms with van der Waals surface area (Å²) in [5.41, 5.74) is 6.31. The Kier molecular flexibility index (Phi) is 5.90. The molecule has 0 radical (unpaired) electrons. The van der Waals surface area contributed by atoms with Crippen LogP contribution < -0.4 is 15.8 Å². The molecule has 1 aromatic heterocycles. The zero-order valence-corrected chi connectivity index (χ0v) is 13.5. The van der Waals surface area contributed by atoms with E-state index < -0.39 is 24.1 Å². The van der Waals surface area contributed by atoms with Crippen LogP contribution in [0.1, 0.15) is 22.8 Å². The van der Waals surface area contributed by atoms with Gasteiger partial charge in [-0.3, -0.25) is 4.79 Å². The van der Waals surface area contributed by atoms with Crippen LogP contribution in [0.5, 0.6) is 5.75 Å². The maximum Gasteiger partial charge on any atom is 0.255 e. The van der Waals surface area contributed by atoms with Gasteiger partial charge < -0.3 is 15.8 Å². The van der Waals surface area contributed by atoms with Crippen LogP contribution in [0.15, 0.2) is 36.4 Å². The fourth-order valence-electron chi connectivity index (χ4n) is 2.06. The van der Waals surface area contributed by atoms with Gasteiger partial charge in [-0.25, -0.2) is 9.37 Å². The molecule has 2 atom stereocenters. The Labute approximate surface area is 144 Å². The molecule has 5 nitrogen and oxygen atoms in total. The normalized spacial score (nSPS) is 12.7. The average molecular weight is 345 g/mol. The second-order valence-corrected chi connectivity index (χ2v) is 5.28. The van der Waals surface area contributed by atoms with E-state index in [9.17, 15) is 13.6 Å². The fourth-order valence-corrected chi connectivity index (χ4v) is 2.06. The van der Waals surface area contributed by atoms with Gasteiger partial charge in [-0.05, 0) is 36.8 Å². The number of rotatable bonds is 6. The molecule has 2 unspecified atom stereocenters. The molecular formula is C18H17F2N3O2. The first-order chi connectivity index (χ1) is 11.9. The Morgan fingerprint density at radius 3 is 2.84 bits per heavy atom. The summed E-state index contributed by atoms with van der Waals surface area (Å²) in [5, 5.41) is 2.64. The minimum Gasteiger partial charge on any atom is -0.475 e. The number of anilines is 1. The second kappa shape index (κ2) is 8.11. The number of alkyl halides is 1. The van der Waals surface area contributed by atoms with E-state index in [1.165, 1.54) is 13.0 Å². The predicted molar refractivity (Wildman–Crippen MR) is 90.0 cm³/mol. The van der Waals surface area contributed by atoms with Crippen molar-refractivity contribution in [2.45, 2.75) is 25.7 Å². The third kappa shape index (κ3) is 4.91. The molecule has 0 saturated heterocycles. The molecule has 1 heterocycles. The van der Waals surface area contributed by atoms with Gasteiger partial charge in [0.25, 0.3) is 5.91 Å². The van der Waals surface area contributed by atoms with Crippen molar-refractivity contribution < 1.29 is 18.3 Å². The standard InChI is InChI=1S/C18H17F2N3O2/c1-3-15(11(2)19)25-13-6-4-5-12(9-13)10-22-18(24)14-7-8-16(20)23-17(14)21/h1,4-9,11,15H,10H2,2H3,(H2,21,23)(H,22,24). The molecule has 1 aromatic carbocycles. The van der Waals surface area contributed by atoms with Gasteiger partial charge in [0.05, 0.1) is 5.56 Å². The first-order valence-corrected chi connectivity index (χ1v) is 7.46. The molecule has 0 aliphatic rings. The number of benzene rings is 1. The van der Waals surface area contributed by atoms with Crippen molar-refractivity contribution >= 4 is 11.7 Å². The maximum absolute atomic E-state index is 13.3. The molecule has 0 fully saturated rings. The predicted octanol–water partition coefficient (Wildman–Crippen LogP) is 2.47. The highest BCUT2D eigenvalue weighted by Crippen LogP contribution is 2.17. The summed E-state index contributed by atoms with van der Waals surface area (Å²) >= 11 is 0. The van der Waals surface area contributed by atoms with Crippen LogP contribution in [0.3, 0.4) is 0 Å². The molecule has 2 aromatic rings. The number of aromatic nitrogens is 1. The summed E-state index contributed by atoms with van der Waals surface area (Å²) in [6, 6.07) is 9.04. The van der Waals surface area contributed by atoms with Gasteiger partial charge in [-0.15, -0.1) is 6.42 Å². The lowest BCUT2D eigenvalue weighted by molar-refractivity contribution is 0.0951. The van der Waals surface area contributed by atoms with Crippen LogP contribution >= 0.6 is 0 Å². The zero-order chi connectivity index (χ0) is 18.4. The van der Waals surface area contributed by atoms with E-state index in [0.29, 0.717) is 11.3 Å². The summed E-state index contributed by atoms with van der Waals surface area (Å²) in [4.78, 5) is 15.5. The Morgan fingerprint density at radius 2 is 2.20 bits per heavy atom. The Morgan fingerprint density at radius 1 is 1.44 bits per heavy atom. The summed E-state index contributed by atoms with van der Waals surface area (Å²) < 4.78 is 31.6. The number of carbonyl (C=O) groups is 1. The first kappa shape index (κ1) is 18.2. The molecule has 3 N–H and O–H groups in total. The number of hydrogen-bond donors (Lipinski definition) is 2. The van der Waals surface area contributed by atoms with Crippen LogP contribution in [0, 0.1) is 18.3 Å². The van der Waals surface area contributed by atoms with Gasteiger partial charge in [0.1, 0.15) is 17.7 Å². The van der Waals surface area contributed by atoms with Crippen molar-refractivity contribution in [3.8, 4) is 18.1 Å². The molecule has 0 aliphatic carbocycles. The molecule has 25 heavy (non-hydrogen) atoms. The van der Waals surface area contributed by atoms with Crippen LogP contribution in [0.4, 0.5) is 14.6 Å². The number of hydrogen-bond acceptors (Lipinski definition) is 4. The number of terminal acetylenes is 1. The molecule has 0 spiro atoms. The summed E-state index contributed by atoms with van der Waals surface area (Å²) in [5.74, 6) is 1.18. The Bertz CT molecular complexity index is 803. The third-order valence-corrected chi connectivity index (χ3v) is 3.33. The van der Waals surface area contributed by atoms with Crippen LogP contribution in [0.2, 0.25) is 0 Å². The Hall–Kier alpha value is -3.14. The molecule has 130 valence electrons. The van der Waals surface area contributed by atoms with Gasteiger partial charge in [-0.1, -0.05) is 18.1 Å². The number of nitrogens with zero attached hydrogens (tertiary/aromatic N) is 1. The smallest absolute Gasteiger partial charge is 0.255 e. The number of nitrogens with one attached hydrogen (secondary N) is 1. The van der Waals surface area contributed by atoms with Crippen molar-refractivity contribution in [2.24, 2.45) is 0 Å². The highest BCUT2D eigenvalue weighted by Gasteiger charge is 2.16. The van der Waals surface area contributed by atoms with Crippen LogP contribution in [-0.2, 0) is 6.54 Å². The van der Waals surface area contributed by atoms with Gasteiger partial charge in [0.15, 0.2) is 6.10 Å². The molecule has 1 amide bonds. The number of ether oxygens (including phenoxy) is 1. The summed E-state index contributed by atoms with van der Waals surface area (Å²) in [7, 11) is 0. The fraction of sp³-hybridized carbons (Fsp3) is 0.222. The van der Waals surface area contributed by atoms with E-state index in [1.807, 2.05) is 0 Å². The quantitative estimate of drug-likeness (QED) is 0.623. The van der Waals surface area contributed by atoms with E-state index in [1.54, 1.807) is 24.3 Å². The van der Waals surface area contributed by atoms with Gasteiger partial charge >= 0.3 is 0 Å². The van der Waals surface area contributed by atoms with Crippen LogP contribution in [0.25, 0.3) is 0 Å². The van der Waals surface area contributed by atoms with Crippen molar-refractivity contribution in [3.05, 3.63) is 53.5 Å². The lowest BCUT2D eigenvalue weighted by Crippen LogP contribution is -2.25. The molecule has 0 saturated carbocycles. The summed E-state index contributed by atoms with van der Waals surface area (Å²) in [6.07, 6.45) is 2.92. The number of amides is 1. The Balaban J connectivity index is 2.02. The van der Waals surface area contributed by atoms with Crippen molar-refractivity contribution in [3.63, 3.8) is 0 Å². The van der Waals surface area contributed by atoms with Crippen LogP contribution in [-0.4, -0.2) is 23.2 Å². The maximum atomic E-state index is 13.3. The largest absolute Gasteiger partial charge is 0.475 e. The minimum atomic E-state index is -1.32. The molecule has 0 aliphatic heterocycles. The van der Waals surface area contributed by atoms with Crippen molar-refractivity contribution in [1.29, 1.82) is 0 Å². The monoisotopic (exact) mass is 345 g/mol. The number of halogens is 2. The van der Waals surface area contributed by atoms with Crippen molar-refractivity contribution in [2.75, 3.05) is 5.73 Å². The van der Waals surface area contributed by atoms with E-state index in [0.717, 1.165) is 6.07 Å². The highest BCUT2D eigenvalue weighted by molar-refractivity contribution is 5.98. The zero-order valence-electron chi connectivity index (χ0n) is 13.5. The second-order valence-electron chi connectivity index (χ2n) is 5.28. The van der Waals surface area contributed by atoms with Crippen molar-refractivity contribution in [1.82, 2.24) is 10.3 Å². The van der Waals surface area contributed by atoms with E-state index >= 15 is 0 Å². The summed E-state index contributed by atoms with van der Waals surface area (Å²) in [6.45, 7) is 1.48. The minimum absolute atomic E-state index is 0.0763. The van der Waals surface area contributed by atoms with Gasteiger partial charge in [0.2, 0.25) is 5.95 Å². The molecule has 2 rings (SSSR count).